The summed E-state index contributed by atoms with van der Waals surface area (Å²) in [6, 6.07) is 7.32. The summed E-state index contributed by atoms with van der Waals surface area (Å²) in [5.41, 5.74) is 8.37. The molecule has 0 aliphatic carbocycles. The zero-order valence-corrected chi connectivity index (χ0v) is 10.9. The zero-order chi connectivity index (χ0) is 12.4. The van der Waals surface area contributed by atoms with Crippen LogP contribution in [0.4, 0.5) is 5.69 Å². The van der Waals surface area contributed by atoms with Crippen molar-refractivity contribution in [3.8, 4) is 5.75 Å². The van der Waals surface area contributed by atoms with Crippen LogP contribution in [0.5, 0.6) is 5.75 Å². The molecular formula is C14H22N2O. The molecule has 1 aliphatic rings. The van der Waals surface area contributed by atoms with Crippen molar-refractivity contribution in [2.24, 2.45) is 5.73 Å². The second-order valence-corrected chi connectivity index (χ2v) is 4.89. The number of benzene rings is 1. The second-order valence-electron chi connectivity index (χ2n) is 4.89. The molecule has 0 saturated carbocycles. The predicted molar refractivity (Wildman–Crippen MR) is 71.8 cm³/mol. The minimum absolute atomic E-state index is 0.500. The van der Waals surface area contributed by atoms with Crippen LogP contribution in [0.2, 0.25) is 0 Å². The largest absolute Gasteiger partial charge is 0.496 e. The summed E-state index contributed by atoms with van der Waals surface area (Å²) in [5.74, 6) is 1.01. The molecule has 0 fully saturated rings. The molecule has 1 heterocycles. The molecule has 17 heavy (non-hydrogen) atoms. The van der Waals surface area contributed by atoms with Gasteiger partial charge >= 0.3 is 0 Å². The summed E-state index contributed by atoms with van der Waals surface area (Å²) in [7, 11) is 1.74. The number of hydrogen-bond acceptors (Lipinski definition) is 3. The van der Waals surface area contributed by atoms with E-state index < -0.39 is 0 Å². The molecule has 1 aromatic rings. The van der Waals surface area contributed by atoms with Crippen molar-refractivity contribution in [1.29, 1.82) is 0 Å². The van der Waals surface area contributed by atoms with Crippen molar-refractivity contribution < 1.29 is 4.74 Å². The van der Waals surface area contributed by atoms with E-state index in [0.717, 1.165) is 25.1 Å². The molecule has 1 aromatic carbocycles. The van der Waals surface area contributed by atoms with Crippen LogP contribution in [-0.4, -0.2) is 25.7 Å². The highest BCUT2D eigenvalue weighted by Gasteiger charge is 2.32. The van der Waals surface area contributed by atoms with Crippen molar-refractivity contribution in [3.63, 3.8) is 0 Å². The van der Waals surface area contributed by atoms with Gasteiger partial charge in [-0.1, -0.05) is 6.07 Å². The van der Waals surface area contributed by atoms with Gasteiger partial charge < -0.3 is 15.4 Å². The molecule has 1 unspecified atom stereocenters. The molecule has 0 saturated heterocycles. The number of anilines is 1. The fourth-order valence-electron chi connectivity index (χ4n) is 2.86. The lowest BCUT2D eigenvalue weighted by Crippen LogP contribution is -2.38. The van der Waals surface area contributed by atoms with E-state index in [0.29, 0.717) is 12.1 Å². The van der Waals surface area contributed by atoms with Crippen molar-refractivity contribution in [1.82, 2.24) is 0 Å². The maximum absolute atomic E-state index is 5.72. The molecule has 94 valence electrons. The topological polar surface area (TPSA) is 38.5 Å². The molecule has 1 aliphatic heterocycles. The lowest BCUT2D eigenvalue weighted by molar-refractivity contribution is 0.410. The van der Waals surface area contributed by atoms with Crippen molar-refractivity contribution >= 4 is 5.69 Å². The highest BCUT2D eigenvalue weighted by molar-refractivity contribution is 5.65. The van der Waals surface area contributed by atoms with Crippen LogP contribution in [0.15, 0.2) is 18.2 Å². The number of hydrogen-bond donors (Lipinski definition) is 1. The first-order valence-electron chi connectivity index (χ1n) is 6.33. The minimum Gasteiger partial charge on any atom is -0.496 e. The Balaban J connectivity index is 2.38. The Morgan fingerprint density at radius 1 is 1.47 bits per heavy atom. The zero-order valence-electron chi connectivity index (χ0n) is 10.9. The summed E-state index contributed by atoms with van der Waals surface area (Å²) >= 11 is 0. The van der Waals surface area contributed by atoms with Crippen LogP contribution in [0, 0.1) is 0 Å². The SMILES string of the molecule is COc1cccc2c1CC(CCN)N2C(C)C. The Morgan fingerprint density at radius 3 is 2.82 bits per heavy atom. The van der Waals surface area contributed by atoms with E-state index in [1.54, 1.807) is 7.11 Å². The number of rotatable bonds is 4. The van der Waals surface area contributed by atoms with E-state index in [4.69, 9.17) is 10.5 Å². The molecular weight excluding hydrogens is 212 g/mol. The normalized spacial score (nSPS) is 18.6. The quantitative estimate of drug-likeness (QED) is 0.868. The molecule has 0 radical (unpaired) electrons. The van der Waals surface area contributed by atoms with Gasteiger partial charge in [0, 0.05) is 23.3 Å². The highest BCUT2D eigenvalue weighted by atomic mass is 16.5. The Morgan fingerprint density at radius 2 is 2.24 bits per heavy atom. The maximum atomic E-state index is 5.72. The number of nitrogens with zero attached hydrogens (tertiary/aromatic N) is 1. The second kappa shape index (κ2) is 4.96. The van der Waals surface area contributed by atoms with Gasteiger partial charge in [0.1, 0.15) is 5.75 Å². The van der Waals surface area contributed by atoms with Crippen molar-refractivity contribution in [2.75, 3.05) is 18.6 Å². The molecule has 0 aromatic heterocycles. The average Bonchev–Trinajstić information content (AvgIpc) is 2.67. The van der Waals surface area contributed by atoms with Gasteiger partial charge in [0.2, 0.25) is 0 Å². The molecule has 3 nitrogen and oxygen atoms in total. The highest BCUT2D eigenvalue weighted by Crippen LogP contribution is 2.39. The third-order valence-corrected chi connectivity index (χ3v) is 3.50. The van der Waals surface area contributed by atoms with Gasteiger partial charge in [-0.3, -0.25) is 0 Å². The van der Waals surface area contributed by atoms with Crippen LogP contribution in [0.1, 0.15) is 25.8 Å². The number of nitrogens with two attached hydrogens (primary N) is 1. The van der Waals surface area contributed by atoms with E-state index in [2.05, 4.69) is 30.9 Å². The summed E-state index contributed by atoms with van der Waals surface area (Å²) in [5, 5.41) is 0. The third-order valence-electron chi connectivity index (χ3n) is 3.50. The van der Waals surface area contributed by atoms with E-state index >= 15 is 0 Å². The third kappa shape index (κ3) is 2.12. The first-order chi connectivity index (χ1) is 8.19. The van der Waals surface area contributed by atoms with E-state index in [9.17, 15) is 0 Å². The van der Waals surface area contributed by atoms with Gasteiger partial charge in [-0.2, -0.15) is 0 Å². The minimum atomic E-state index is 0.500. The van der Waals surface area contributed by atoms with Gasteiger partial charge in [0.15, 0.2) is 0 Å². The van der Waals surface area contributed by atoms with Crippen LogP contribution >= 0.6 is 0 Å². The van der Waals surface area contributed by atoms with Gasteiger partial charge in [0.05, 0.1) is 7.11 Å². The Bertz CT molecular complexity index is 390. The number of methoxy groups -OCH3 is 1. The average molecular weight is 234 g/mol. The van der Waals surface area contributed by atoms with Gasteiger partial charge in [-0.25, -0.2) is 0 Å². The molecule has 2 rings (SSSR count). The fraction of sp³-hybridized carbons (Fsp3) is 0.571. The van der Waals surface area contributed by atoms with Gasteiger partial charge in [0.25, 0.3) is 0 Å². The van der Waals surface area contributed by atoms with Crippen LogP contribution in [0.25, 0.3) is 0 Å². The molecule has 0 spiro atoms. The standard InChI is InChI=1S/C14H22N2O/c1-10(2)16-11(7-8-15)9-12-13(16)5-4-6-14(12)17-3/h4-6,10-11H,7-9,15H2,1-3H3. The lowest BCUT2D eigenvalue weighted by Gasteiger charge is -2.31. The maximum Gasteiger partial charge on any atom is 0.124 e. The van der Waals surface area contributed by atoms with Crippen molar-refractivity contribution in [2.45, 2.75) is 38.8 Å². The smallest absolute Gasteiger partial charge is 0.124 e. The lowest BCUT2D eigenvalue weighted by atomic mass is 10.1. The van der Waals surface area contributed by atoms with Crippen molar-refractivity contribution in [3.05, 3.63) is 23.8 Å². The monoisotopic (exact) mass is 234 g/mol. The first kappa shape index (κ1) is 12.2. The molecule has 1 atom stereocenters. The number of ether oxygens (including phenoxy) is 1. The molecule has 2 N–H and O–H groups in total. The summed E-state index contributed by atoms with van der Waals surface area (Å²) in [4.78, 5) is 2.48. The van der Waals surface area contributed by atoms with Crippen LogP contribution < -0.4 is 15.4 Å². The van der Waals surface area contributed by atoms with E-state index in [1.807, 2.05) is 6.07 Å². The van der Waals surface area contributed by atoms with Crippen LogP contribution in [0.3, 0.4) is 0 Å². The van der Waals surface area contributed by atoms with E-state index in [-0.39, 0.29) is 0 Å². The summed E-state index contributed by atoms with van der Waals surface area (Å²) in [6.07, 6.45) is 2.09. The molecule has 0 bridgehead atoms. The summed E-state index contributed by atoms with van der Waals surface area (Å²) in [6.45, 7) is 5.21. The van der Waals surface area contributed by atoms with Gasteiger partial charge in [-0.05, 0) is 45.4 Å². The Kier molecular flexibility index (Phi) is 3.57. The Hall–Kier alpha value is -1.22. The predicted octanol–water partition coefficient (Wildman–Crippen LogP) is 2.18. The Labute approximate surface area is 104 Å². The molecule has 3 heteroatoms. The first-order valence-corrected chi connectivity index (χ1v) is 6.33. The molecule has 0 amide bonds. The van der Waals surface area contributed by atoms with Crippen LogP contribution in [-0.2, 0) is 6.42 Å². The fourth-order valence-corrected chi connectivity index (χ4v) is 2.86. The van der Waals surface area contributed by atoms with Gasteiger partial charge in [-0.15, -0.1) is 0 Å². The van der Waals surface area contributed by atoms with E-state index in [1.165, 1.54) is 11.3 Å². The summed E-state index contributed by atoms with van der Waals surface area (Å²) < 4.78 is 5.45. The number of fused-ring (bicyclic) bond motifs is 1.